The molecule has 0 unspecified atom stereocenters. The van der Waals surface area contributed by atoms with Crippen LogP contribution in [0.2, 0.25) is 0 Å². The molecule has 80 valence electrons. The normalized spacial score (nSPS) is 9.67. The molecule has 1 rings (SSSR count). The maximum atomic E-state index is 11.5. The van der Waals surface area contributed by atoms with Crippen molar-refractivity contribution in [3.63, 3.8) is 0 Å². The number of Topliss-reactive ketones (excluding diaryl/α,β-unsaturated/α-hetero) is 1. The third-order valence-electron chi connectivity index (χ3n) is 1.93. The number of benzene rings is 1. The van der Waals surface area contributed by atoms with Gasteiger partial charge in [-0.3, -0.25) is 4.79 Å². The largest absolute Gasteiger partial charge is 0.504 e. The predicted octanol–water partition coefficient (Wildman–Crippen LogP) is 2.55. The Bertz CT molecular complexity index is 369. The third-order valence-corrected chi connectivity index (χ3v) is 1.93. The first-order valence-electron chi connectivity index (χ1n) is 4.79. The number of phenolic OH excluding ortho intramolecular Hbond substituents is 1. The molecule has 3 nitrogen and oxygen atoms in total. The molecule has 0 saturated carbocycles. The van der Waals surface area contributed by atoms with Crippen molar-refractivity contribution in [2.24, 2.45) is 0 Å². The zero-order valence-electron chi connectivity index (χ0n) is 8.69. The van der Waals surface area contributed by atoms with Gasteiger partial charge in [-0.15, -0.1) is 6.58 Å². The molecule has 0 amide bonds. The first-order chi connectivity index (χ1) is 7.20. The second-order valence-electron chi connectivity index (χ2n) is 3.00. The fraction of sp³-hybridized carbons (Fsp3) is 0.250. The van der Waals surface area contributed by atoms with Gasteiger partial charge in [-0.2, -0.15) is 0 Å². The van der Waals surface area contributed by atoms with Crippen molar-refractivity contribution in [3.05, 3.63) is 36.4 Å². The summed E-state index contributed by atoms with van der Waals surface area (Å²) in [5.74, 6) is 0.0858. The Morgan fingerprint density at radius 3 is 2.93 bits per heavy atom. The van der Waals surface area contributed by atoms with E-state index in [1.54, 1.807) is 18.2 Å². The molecule has 1 aromatic rings. The second kappa shape index (κ2) is 5.20. The minimum Gasteiger partial charge on any atom is -0.504 e. The molecule has 0 bridgehead atoms. The first kappa shape index (κ1) is 11.3. The van der Waals surface area contributed by atoms with Gasteiger partial charge in [0.15, 0.2) is 17.3 Å². The molecule has 0 saturated heterocycles. The van der Waals surface area contributed by atoms with Crippen LogP contribution in [-0.4, -0.2) is 17.5 Å². The van der Waals surface area contributed by atoms with Crippen LogP contribution in [0.5, 0.6) is 11.5 Å². The lowest BCUT2D eigenvalue weighted by Crippen LogP contribution is -2.00. The molecule has 3 heteroatoms. The summed E-state index contributed by atoms with van der Waals surface area (Å²) in [5.41, 5.74) is 0.279. The van der Waals surface area contributed by atoms with E-state index in [1.165, 1.54) is 6.08 Å². The Balaban J connectivity index is 3.03. The summed E-state index contributed by atoms with van der Waals surface area (Å²) in [7, 11) is 0. The van der Waals surface area contributed by atoms with E-state index < -0.39 is 0 Å². The number of allylic oxidation sites excluding steroid dienone is 1. The first-order valence-corrected chi connectivity index (χ1v) is 4.79. The topological polar surface area (TPSA) is 46.5 Å². The molecule has 0 aromatic heterocycles. The Morgan fingerprint density at radius 2 is 2.33 bits per heavy atom. The van der Waals surface area contributed by atoms with Gasteiger partial charge in [-0.1, -0.05) is 12.1 Å². The van der Waals surface area contributed by atoms with Crippen molar-refractivity contribution in [1.29, 1.82) is 0 Å². The van der Waals surface area contributed by atoms with Gasteiger partial charge in [-0.05, 0) is 19.1 Å². The lowest BCUT2D eigenvalue weighted by Gasteiger charge is -2.08. The van der Waals surface area contributed by atoms with Gasteiger partial charge in [0.25, 0.3) is 0 Å². The van der Waals surface area contributed by atoms with Gasteiger partial charge in [-0.25, -0.2) is 0 Å². The number of carbonyl (C=O) groups excluding carboxylic acids is 1. The van der Waals surface area contributed by atoms with Gasteiger partial charge < -0.3 is 9.84 Å². The minimum absolute atomic E-state index is 0.0915. The monoisotopic (exact) mass is 206 g/mol. The molecule has 0 aliphatic heterocycles. The fourth-order valence-electron chi connectivity index (χ4n) is 1.26. The highest BCUT2D eigenvalue weighted by atomic mass is 16.5. The van der Waals surface area contributed by atoms with Crippen LogP contribution in [0.3, 0.4) is 0 Å². The van der Waals surface area contributed by atoms with Gasteiger partial charge >= 0.3 is 0 Å². The summed E-state index contributed by atoms with van der Waals surface area (Å²) in [4.78, 5) is 11.5. The Morgan fingerprint density at radius 1 is 1.60 bits per heavy atom. The van der Waals surface area contributed by atoms with Gasteiger partial charge in [0, 0.05) is 6.42 Å². The van der Waals surface area contributed by atoms with Crippen LogP contribution < -0.4 is 4.74 Å². The number of carbonyl (C=O) groups is 1. The molecule has 0 heterocycles. The van der Waals surface area contributed by atoms with Crippen LogP contribution in [0.25, 0.3) is 0 Å². The van der Waals surface area contributed by atoms with E-state index in [4.69, 9.17) is 4.74 Å². The number of hydrogen-bond acceptors (Lipinski definition) is 3. The van der Waals surface area contributed by atoms with E-state index in [1.807, 2.05) is 6.92 Å². The van der Waals surface area contributed by atoms with Crippen LogP contribution in [0.15, 0.2) is 30.9 Å². The van der Waals surface area contributed by atoms with Gasteiger partial charge in [0.05, 0.1) is 12.2 Å². The molecule has 0 aliphatic carbocycles. The summed E-state index contributed by atoms with van der Waals surface area (Å²) in [6.07, 6.45) is 1.72. The Kier molecular flexibility index (Phi) is 3.92. The molecule has 0 atom stereocenters. The van der Waals surface area contributed by atoms with E-state index in [9.17, 15) is 9.90 Å². The predicted molar refractivity (Wildman–Crippen MR) is 58.4 cm³/mol. The summed E-state index contributed by atoms with van der Waals surface area (Å²) >= 11 is 0. The average molecular weight is 206 g/mol. The second-order valence-corrected chi connectivity index (χ2v) is 3.00. The van der Waals surface area contributed by atoms with Crippen molar-refractivity contribution in [1.82, 2.24) is 0 Å². The van der Waals surface area contributed by atoms with E-state index in [2.05, 4.69) is 6.58 Å². The molecule has 1 aromatic carbocycles. The lowest BCUT2D eigenvalue weighted by molar-refractivity contribution is 0.0992. The van der Waals surface area contributed by atoms with Crippen LogP contribution in [0.1, 0.15) is 23.7 Å². The molecule has 0 radical (unpaired) electrons. The lowest BCUT2D eigenvalue weighted by atomic mass is 10.1. The number of ether oxygens (including phenoxy) is 1. The molecular formula is C12H14O3. The smallest absolute Gasteiger partial charge is 0.170 e. The van der Waals surface area contributed by atoms with Crippen molar-refractivity contribution in [3.8, 4) is 11.5 Å². The molecule has 0 spiro atoms. The number of ketones is 1. The molecule has 15 heavy (non-hydrogen) atoms. The zero-order chi connectivity index (χ0) is 11.3. The van der Waals surface area contributed by atoms with Crippen molar-refractivity contribution >= 4 is 5.78 Å². The maximum Gasteiger partial charge on any atom is 0.170 e. The van der Waals surface area contributed by atoms with Crippen molar-refractivity contribution in [2.75, 3.05) is 6.61 Å². The zero-order valence-corrected chi connectivity index (χ0v) is 8.69. The maximum absolute atomic E-state index is 11.5. The highest BCUT2D eigenvalue weighted by Crippen LogP contribution is 2.30. The van der Waals surface area contributed by atoms with Crippen LogP contribution in [0.4, 0.5) is 0 Å². The minimum atomic E-state index is -0.163. The van der Waals surface area contributed by atoms with Gasteiger partial charge in [0.1, 0.15) is 0 Å². The van der Waals surface area contributed by atoms with Crippen LogP contribution in [-0.2, 0) is 0 Å². The SMILES string of the molecule is C=CCC(=O)c1cccc(OCC)c1O. The standard InChI is InChI=1S/C12H14O3/c1-3-6-10(13)9-7-5-8-11(12(9)14)15-4-2/h3,5,7-8,14H,1,4,6H2,2H3. The number of aromatic hydroxyl groups is 1. The van der Waals surface area contributed by atoms with E-state index in [0.717, 1.165) is 0 Å². The quantitative estimate of drug-likeness (QED) is 0.595. The average Bonchev–Trinajstić information content (AvgIpc) is 2.22. The molecule has 0 fully saturated rings. The summed E-state index contributed by atoms with van der Waals surface area (Å²) in [5, 5.41) is 9.74. The highest BCUT2D eigenvalue weighted by molar-refractivity contribution is 6.00. The number of hydrogen-bond donors (Lipinski definition) is 1. The third kappa shape index (κ3) is 2.59. The van der Waals surface area contributed by atoms with Gasteiger partial charge in [0.2, 0.25) is 0 Å². The number of phenols is 1. The summed E-state index contributed by atoms with van der Waals surface area (Å²) < 4.78 is 5.18. The summed E-state index contributed by atoms with van der Waals surface area (Å²) in [6, 6.07) is 4.88. The van der Waals surface area contributed by atoms with Crippen molar-refractivity contribution < 1.29 is 14.6 Å². The van der Waals surface area contributed by atoms with E-state index in [0.29, 0.717) is 12.4 Å². The fourth-order valence-corrected chi connectivity index (χ4v) is 1.26. The van der Waals surface area contributed by atoms with Crippen molar-refractivity contribution in [2.45, 2.75) is 13.3 Å². The van der Waals surface area contributed by atoms with Crippen LogP contribution >= 0.6 is 0 Å². The summed E-state index contributed by atoms with van der Waals surface area (Å²) in [6.45, 7) is 5.75. The number of rotatable bonds is 5. The molecule has 0 aliphatic rings. The Hall–Kier alpha value is -1.77. The Labute approximate surface area is 89.0 Å². The van der Waals surface area contributed by atoms with E-state index in [-0.39, 0.29) is 23.5 Å². The number of para-hydroxylation sites is 1. The molecule has 1 N–H and O–H groups in total. The highest BCUT2D eigenvalue weighted by Gasteiger charge is 2.13. The van der Waals surface area contributed by atoms with Crippen LogP contribution in [0, 0.1) is 0 Å². The van der Waals surface area contributed by atoms with E-state index >= 15 is 0 Å². The molecular weight excluding hydrogens is 192 g/mol.